The molecule has 176 valence electrons. The van der Waals surface area contributed by atoms with Crippen LogP contribution in [0.25, 0.3) is 34.3 Å². The number of halogens is 4. The van der Waals surface area contributed by atoms with Crippen molar-refractivity contribution in [3.05, 3.63) is 65.5 Å². The van der Waals surface area contributed by atoms with E-state index in [2.05, 4.69) is 20.2 Å². The van der Waals surface area contributed by atoms with Crippen LogP contribution in [-0.2, 0) is 12.7 Å². The minimum absolute atomic E-state index is 0.0709. The predicted octanol–water partition coefficient (Wildman–Crippen LogP) is 4.61. The van der Waals surface area contributed by atoms with Crippen molar-refractivity contribution in [1.82, 2.24) is 20.2 Å². The second kappa shape index (κ2) is 8.65. The first-order valence-electron chi connectivity index (χ1n) is 10.5. The first-order chi connectivity index (χ1) is 16.3. The second-order valence-corrected chi connectivity index (χ2v) is 8.12. The highest BCUT2D eigenvalue weighted by molar-refractivity contribution is 5.71. The minimum Gasteiger partial charge on any atom is -0.350 e. The number of alkyl halides is 3. The Morgan fingerprint density at radius 3 is 2.44 bits per heavy atom. The molecule has 2 aromatic heterocycles. The van der Waals surface area contributed by atoms with Crippen LogP contribution < -0.4 is 5.73 Å². The van der Waals surface area contributed by atoms with Crippen molar-refractivity contribution < 1.29 is 26.6 Å². The Morgan fingerprint density at radius 1 is 1.00 bits per heavy atom. The quantitative estimate of drug-likeness (QED) is 0.409. The van der Waals surface area contributed by atoms with Gasteiger partial charge in [0.25, 0.3) is 5.89 Å². The number of nitrogens with zero attached hydrogens (tertiary/aromatic N) is 4. The number of benzene rings is 2. The van der Waals surface area contributed by atoms with Gasteiger partial charge >= 0.3 is 6.18 Å². The Balaban J connectivity index is 1.42. The maximum absolute atomic E-state index is 14.7. The summed E-state index contributed by atoms with van der Waals surface area (Å²) in [5.74, 6) is -1.31. The topological polar surface area (TPSA) is 94.2 Å². The third kappa shape index (κ3) is 4.19. The van der Waals surface area contributed by atoms with E-state index in [1.165, 1.54) is 18.2 Å². The summed E-state index contributed by atoms with van der Waals surface area (Å²) in [5.41, 5.74) is 5.08. The van der Waals surface area contributed by atoms with Gasteiger partial charge in [-0.05, 0) is 18.5 Å². The van der Waals surface area contributed by atoms with E-state index < -0.39 is 29.2 Å². The van der Waals surface area contributed by atoms with Gasteiger partial charge in [-0.15, -0.1) is 0 Å². The maximum atomic E-state index is 14.7. The van der Waals surface area contributed by atoms with Crippen LogP contribution in [0.2, 0.25) is 0 Å². The van der Waals surface area contributed by atoms with Crippen LogP contribution in [-0.4, -0.2) is 39.8 Å². The van der Waals surface area contributed by atoms with Crippen LogP contribution >= 0.6 is 0 Å². The Morgan fingerprint density at radius 2 is 1.76 bits per heavy atom. The van der Waals surface area contributed by atoms with Crippen LogP contribution in [0.3, 0.4) is 0 Å². The lowest BCUT2D eigenvalue weighted by molar-refractivity contribution is -0.136. The standard InChI is InChI=1S/C23H19F4N5O2/c24-17-8-15(6-7-16(17)12-32-10-13(9-28)11-32)21-29-22(34-31-21)20-18(23(25,26)27)19(30-33-20)14-4-2-1-3-5-14/h1-8,13H,9-12,28H2. The zero-order valence-corrected chi connectivity index (χ0v) is 17.7. The normalized spacial score (nSPS) is 15.0. The van der Waals surface area contributed by atoms with Crippen molar-refractivity contribution in [2.45, 2.75) is 12.7 Å². The summed E-state index contributed by atoms with van der Waals surface area (Å²) in [6, 6.07) is 12.2. The summed E-state index contributed by atoms with van der Waals surface area (Å²) in [5, 5.41) is 7.31. The summed E-state index contributed by atoms with van der Waals surface area (Å²) < 4.78 is 66.3. The Bertz CT molecular complexity index is 1300. The highest BCUT2D eigenvalue weighted by atomic mass is 19.4. The Hall–Kier alpha value is -3.57. The van der Waals surface area contributed by atoms with E-state index in [-0.39, 0.29) is 22.6 Å². The molecule has 34 heavy (non-hydrogen) atoms. The molecule has 0 atom stereocenters. The number of likely N-dealkylation sites (tertiary alicyclic amines) is 1. The average Bonchev–Trinajstić information content (AvgIpc) is 3.44. The summed E-state index contributed by atoms with van der Waals surface area (Å²) >= 11 is 0. The SMILES string of the molecule is NCC1CN(Cc2ccc(-c3noc(-c4onc(-c5ccccc5)c4C(F)(F)F)n3)cc2F)C1. The van der Waals surface area contributed by atoms with Crippen LogP contribution in [0.4, 0.5) is 17.6 Å². The molecule has 0 aliphatic carbocycles. The van der Waals surface area contributed by atoms with Gasteiger partial charge in [-0.1, -0.05) is 52.8 Å². The third-order valence-electron chi connectivity index (χ3n) is 5.71. The van der Waals surface area contributed by atoms with E-state index in [1.54, 1.807) is 30.3 Å². The van der Waals surface area contributed by atoms with Crippen molar-refractivity contribution in [2.24, 2.45) is 11.7 Å². The van der Waals surface area contributed by atoms with Gasteiger partial charge in [0.05, 0.1) is 0 Å². The van der Waals surface area contributed by atoms with Crippen LogP contribution in [0.5, 0.6) is 0 Å². The van der Waals surface area contributed by atoms with Crippen LogP contribution in [0, 0.1) is 11.7 Å². The average molecular weight is 473 g/mol. The molecule has 1 fully saturated rings. The molecule has 11 heteroatoms. The number of hydrogen-bond donors (Lipinski definition) is 1. The Labute approximate surface area is 191 Å². The molecule has 2 N–H and O–H groups in total. The molecule has 0 bridgehead atoms. The predicted molar refractivity (Wildman–Crippen MR) is 113 cm³/mol. The lowest BCUT2D eigenvalue weighted by Gasteiger charge is -2.38. The molecule has 1 aliphatic rings. The molecule has 1 saturated heterocycles. The van der Waals surface area contributed by atoms with E-state index in [1.807, 2.05) is 0 Å². The van der Waals surface area contributed by atoms with Crippen molar-refractivity contribution in [2.75, 3.05) is 19.6 Å². The molecule has 5 rings (SSSR count). The fourth-order valence-electron chi connectivity index (χ4n) is 3.94. The molecule has 0 unspecified atom stereocenters. The highest BCUT2D eigenvalue weighted by Crippen LogP contribution is 2.43. The fraction of sp³-hybridized carbons (Fsp3) is 0.261. The number of rotatable bonds is 6. The van der Waals surface area contributed by atoms with Crippen molar-refractivity contribution in [3.8, 4) is 34.3 Å². The molecule has 0 radical (unpaired) electrons. The summed E-state index contributed by atoms with van der Waals surface area (Å²) in [4.78, 5) is 6.09. The molecule has 0 saturated carbocycles. The molecule has 0 amide bonds. The minimum atomic E-state index is -4.79. The monoisotopic (exact) mass is 473 g/mol. The number of aromatic nitrogens is 3. The molecule has 1 aliphatic heterocycles. The maximum Gasteiger partial charge on any atom is 0.422 e. The van der Waals surface area contributed by atoms with Gasteiger partial charge in [-0.3, -0.25) is 4.90 Å². The van der Waals surface area contributed by atoms with Gasteiger partial charge in [-0.2, -0.15) is 18.2 Å². The van der Waals surface area contributed by atoms with Crippen molar-refractivity contribution in [1.29, 1.82) is 0 Å². The van der Waals surface area contributed by atoms with Gasteiger partial charge < -0.3 is 14.8 Å². The molecule has 3 heterocycles. The lowest BCUT2D eigenvalue weighted by atomic mass is 9.99. The molecule has 2 aromatic carbocycles. The first kappa shape index (κ1) is 22.2. The van der Waals surface area contributed by atoms with Gasteiger partial charge in [0, 0.05) is 36.3 Å². The van der Waals surface area contributed by atoms with E-state index in [4.69, 9.17) is 14.8 Å². The largest absolute Gasteiger partial charge is 0.422 e. The smallest absolute Gasteiger partial charge is 0.350 e. The molecule has 0 spiro atoms. The Kier molecular flexibility index (Phi) is 5.66. The zero-order chi connectivity index (χ0) is 23.9. The van der Waals surface area contributed by atoms with Crippen molar-refractivity contribution in [3.63, 3.8) is 0 Å². The van der Waals surface area contributed by atoms with Crippen LogP contribution in [0.15, 0.2) is 57.6 Å². The van der Waals surface area contributed by atoms with Gasteiger partial charge in [0.1, 0.15) is 17.1 Å². The van der Waals surface area contributed by atoms with Gasteiger partial charge in [0.2, 0.25) is 11.6 Å². The van der Waals surface area contributed by atoms with E-state index in [9.17, 15) is 17.6 Å². The second-order valence-electron chi connectivity index (χ2n) is 8.12. The highest BCUT2D eigenvalue weighted by Gasteiger charge is 2.43. The van der Waals surface area contributed by atoms with Gasteiger partial charge in [0.15, 0.2) is 0 Å². The van der Waals surface area contributed by atoms with E-state index in [0.29, 0.717) is 24.6 Å². The van der Waals surface area contributed by atoms with Gasteiger partial charge in [-0.25, -0.2) is 4.39 Å². The first-order valence-corrected chi connectivity index (χ1v) is 10.5. The molecule has 4 aromatic rings. The molecular weight excluding hydrogens is 454 g/mol. The summed E-state index contributed by atoms with van der Waals surface area (Å²) in [6.45, 7) is 2.67. The lowest BCUT2D eigenvalue weighted by Crippen LogP contribution is -2.49. The molecule has 7 nitrogen and oxygen atoms in total. The van der Waals surface area contributed by atoms with Crippen molar-refractivity contribution >= 4 is 0 Å². The zero-order valence-electron chi connectivity index (χ0n) is 17.7. The molecular formula is C23H19F4N5O2. The van der Waals surface area contributed by atoms with E-state index in [0.717, 1.165) is 13.1 Å². The number of hydrogen-bond acceptors (Lipinski definition) is 7. The third-order valence-corrected chi connectivity index (χ3v) is 5.71. The summed E-state index contributed by atoms with van der Waals surface area (Å²) in [6.07, 6.45) is -4.79. The fourth-order valence-corrected chi connectivity index (χ4v) is 3.94. The van der Waals surface area contributed by atoms with Crippen LogP contribution in [0.1, 0.15) is 11.1 Å². The van der Waals surface area contributed by atoms with E-state index >= 15 is 0 Å². The number of nitrogens with two attached hydrogens (primary N) is 1. The summed E-state index contributed by atoms with van der Waals surface area (Å²) in [7, 11) is 0.